The molecule has 0 aliphatic carbocycles. The monoisotopic (exact) mass is 483 g/mol. The molecular weight excluding hydrogens is 466 g/mol. The predicted molar refractivity (Wildman–Crippen MR) is 146 cm³/mol. The molecule has 0 atom stereocenters. The van der Waals surface area contributed by atoms with Crippen LogP contribution >= 0.6 is 11.6 Å². The summed E-state index contributed by atoms with van der Waals surface area (Å²) in [5, 5.41) is 4.47. The number of hydrogen-bond donors (Lipinski definition) is 0. The van der Waals surface area contributed by atoms with Gasteiger partial charge in [0.25, 0.3) is 0 Å². The van der Waals surface area contributed by atoms with Gasteiger partial charge in [0.1, 0.15) is 11.2 Å². The first-order valence-electron chi connectivity index (χ1n) is 11.7. The zero-order chi connectivity index (χ0) is 24.1. The van der Waals surface area contributed by atoms with Gasteiger partial charge in [-0.25, -0.2) is 4.98 Å². The van der Waals surface area contributed by atoms with Gasteiger partial charge >= 0.3 is 0 Å². The molecule has 2 heterocycles. The first kappa shape index (κ1) is 20.8. The van der Waals surface area contributed by atoms with E-state index < -0.39 is 0 Å². The van der Waals surface area contributed by atoms with Crippen molar-refractivity contribution >= 4 is 44.3 Å². The van der Waals surface area contributed by atoms with E-state index in [1.54, 1.807) is 0 Å². The summed E-state index contributed by atoms with van der Waals surface area (Å²) >= 11 is 6.50. The van der Waals surface area contributed by atoms with E-state index in [0.29, 0.717) is 11.6 Å². The van der Waals surface area contributed by atoms with E-state index in [0.717, 1.165) is 44.2 Å². The Morgan fingerprint density at radius 3 is 1.94 bits per heavy atom. The molecule has 0 amide bonds. The summed E-state index contributed by atoms with van der Waals surface area (Å²) in [4.78, 5) is 14.0. The average molecular weight is 484 g/mol. The van der Waals surface area contributed by atoms with Gasteiger partial charge in [-0.2, -0.15) is 9.97 Å². The predicted octanol–water partition coefficient (Wildman–Crippen LogP) is 8.58. The fourth-order valence-electron chi connectivity index (χ4n) is 4.93. The third-order valence-electron chi connectivity index (χ3n) is 6.50. The summed E-state index contributed by atoms with van der Waals surface area (Å²) in [6.45, 7) is 0. The van der Waals surface area contributed by atoms with E-state index in [1.807, 2.05) is 60.7 Å². The number of para-hydroxylation sites is 1. The van der Waals surface area contributed by atoms with Crippen LogP contribution in [0.3, 0.4) is 0 Å². The zero-order valence-electron chi connectivity index (χ0n) is 19.0. The van der Waals surface area contributed by atoms with Crippen LogP contribution in [-0.4, -0.2) is 15.0 Å². The largest absolute Gasteiger partial charge is 0.456 e. The van der Waals surface area contributed by atoms with E-state index >= 15 is 0 Å². The number of furan rings is 1. The summed E-state index contributed by atoms with van der Waals surface area (Å²) in [5.74, 6) is 1.04. The number of benzene rings is 5. The lowest BCUT2D eigenvalue weighted by molar-refractivity contribution is 0.669. The number of hydrogen-bond acceptors (Lipinski definition) is 4. The minimum Gasteiger partial charge on any atom is -0.456 e. The fraction of sp³-hybridized carbons (Fsp3) is 0. The lowest BCUT2D eigenvalue weighted by atomic mass is 9.94. The Morgan fingerprint density at radius 1 is 0.472 bits per heavy atom. The smallest absolute Gasteiger partial charge is 0.226 e. The van der Waals surface area contributed by atoms with E-state index in [1.165, 1.54) is 10.8 Å². The molecule has 170 valence electrons. The molecule has 0 saturated carbocycles. The molecule has 0 fully saturated rings. The lowest BCUT2D eigenvalue weighted by Gasteiger charge is -2.12. The second kappa shape index (κ2) is 8.29. The summed E-state index contributed by atoms with van der Waals surface area (Å²) in [6, 6.07) is 36.7. The van der Waals surface area contributed by atoms with Crippen molar-refractivity contribution in [1.82, 2.24) is 15.0 Å². The molecule has 0 N–H and O–H groups in total. The normalized spacial score (nSPS) is 11.5. The maximum atomic E-state index is 6.50. The van der Waals surface area contributed by atoms with Crippen LogP contribution in [0, 0.1) is 0 Å². The zero-order valence-corrected chi connectivity index (χ0v) is 19.8. The average Bonchev–Trinajstić information content (AvgIpc) is 3.31. The summed E-state index contributed by atoms with van der Waals surface area (Å²) in [7, 11) is 0. The molecule has 36 heavy (non-hydrogen) atoms. The number of halogens is 1. The van der Waals surface area contributed by atoms with Gasteiger partial charge in [-0.1, -0.05) is 97.1 Å². The van der Waals surface area contributed by atoms with E-state index in [4.69, 9.17) is 21.0 Å². The molecule has 0 bridgehead atoms. The van der Waals surface area contributed by atoms with Crippen LogP contribution in [0.2, 0.25) is 5.28 Å². The molecule has 4 nitrogen and oxygen atoms in total. The van der Waals surface area contributed by atoms with E-state index in [2.05, 4.69) is 58.5 Å². The fourth-order valence-corrected chi connectivity index (χ4v) is 5.09. The first-order valence-corrected chi connectivity index (χ1v) is 12.0. The van der Waals surface area contributed by atoms with Gasteiger partial charge < -0.3 is 4.42 Å². The van der Waals surface area contributed by atoms with Crippen LogP contribution in [0.1, 0.15) is 0 Å². The van der Waals surface area contributed by atoms with Gasteiger partial charge in [0, 0.05) is 21.9 Å². The van der Waals surface area contributed by atoms with Crippen molar-refractivity contribution in [2.24, 2.45) is 0 Å². The molecule has 0 aliphatic heterocycles. The van der Waals surface area contributed by atoms with E-state index in [-0.39, 0.29) is 5.28 Å². The molecule has 7 rings (SSSR count). The maximum Gasteiger partial charge on any atom is 0.226 e. The van der Waals surface area contributed by atoms with Gasteiger partial charge in [0.15, 0.2) is 11.6 Å². The van der Waals surface area contributed by atoms with Crippen LogP contribution in [-0.2, 0) is 0 Å². The van der Waals surface area contributed by atoms with Gasteiger partial charge in [0.05, 0.1) is 0 Å². The number of nitrogens with zero attached hydrogens (tertiary/aromatic N) is 3. The molecular formula is C31H18ClN3O. The highest BCUT2D eigenvalue weighted by atomic mass is 35.5. The molecule has 0 spiro atoms. The van der Waals surface area contributed by atoms with Gasteiger partial charge in [-0.05, 0) is 45.6 Å². The minimum atomic E-state index is 0.146. The van der Waals surface area contributed by atoms with Crippen LogP contribution in [0.25, 0.3) is 66.6 Å². The number of fused-ring (bicyclic) bond motifs is 4. The molecule has 0 aliphatic rings. The first-order chi connectivity index (χ1) is 17.8. The third kappa shape index (κ3) is 3.35. The van der Waals surface area contributed by atoms with Gasteiger partial charge in [-0.15, -0.1) is 0 Å². The van der Waals surface area contributed by atoms with Crippen LogP contribution < -0.4 is 0 Å². The SMILES string of the molecule is Clc1nc(-c2ccccc2-c2cccc3ccccc23)nc(-c2cccc3oc4ccccc4c23)n1. The second-order valence-electron chi connectivity index (χ2n) is 8.60. The number of rotatable bonds is 3. The Kier molecular flexibility index (Phi) is 4.79. The minimum absolute atomic E-state index is 0.146. The molecule has 7 aromatic rings. The van der Waals surface area contributed by atoms with Crippen molar-refractivity contribution in [1.29, 1.82) is 0 Å². The highest BCUT2D eigenvalue weighted by molar-refractivity contribution is 6.28. The maximum absolute atomic E-state index is 6.50. The van der Waals surface area contributed by atoms with Crippen LogP contribution in [0.5, 0.6) is 0 Å². The Labute approximate surface area is 211 Å². The van der Waals surface area contributed by atoms with Crippen molar-refractivity contribution in [2.75, 3.05) is 0 Å². The molecule has 0 unspecified atom stereocenters. The summed E-state index contributed by atoms with van der Waals surface area (Å²) in [5.41, 5.74) is 5.50. The van der Waals surface area contributed by atoms with Gasteiger partial charge in [-0.3, -0.25) is 0 Å². The highest BCUT2D eigenvalue weighted by Crippen LogP contribution is 2.38. The topological polar surface area (TPSA) is 51.8 Å². The molecule has 5 aromatic carbocycles. The standard InChI is InChI=1S/C31H18ClN3O/c32-31-34-29(23-13-4-3-12-22(23)21-15-7-10-19-9-1-2-11-20(19)21)33-30(35-31)25-16-8-18-27-28(25)24-14-5-6-17-26(24)36-27/h1-18H. The van der Waals surface area contributed by atoms with Crippen molar-refractivity contribution in [3.05, 3.63) is 114 Å². The van der Waals surface area contributed by atoms with Crippen molar-refractivity contribution < 1.29 is 4.42 Å². The van der Waals surface area contributed by atoms with Gasteiger partial charge in [0.2, 0.25) is 5.28 Å². The lowest BCUT2D eigenvalue weighted by Crippen LogP contribution is -1.99. The summed E-state index contributed by atoms with van der Waals surface area (Å²) in [6.07, 6.45) is 0. The van der Waals surface area contributed by atoms with Crippen LogP contribution in [0.4, 0.5) is 0 Å². The molecule has 2 aromatic heterocycles. The van der Waals surface area contributed by atoms with Crippen molar-refractivity contribution in [3.63, 3.8) is 0 Å². The van der Waals surface area contributed by atoms with E-state index in [9.17, 15) is 0 Å². The molecule has 0 radical (unpaired) electrons. The Balaban J connectivity index is 1.46. The Bertz CT molecular complexity index is 1920. The highest BCUT2D eigenvalue weighted by Gasteiger charge is 2.18. The Morgan fingerprint density at radius 2 is 1.06 bits per heavy atom. The quantitative estimate of drug-likeness (QED) is 0.252. The second-order valence-corrected chi connectivity index (χ2v) is 8.94. The molecule has 5 heteroatoms. The van der Waals surface area contributed by atoms with Crippen LogP contribution in [0.15, 0.2) is 114 Å². The van der Waals surface area contributed by atoms with Crippen molar-refractivity contribution in [2.45, 2.75) is 0 Å². The van der Waals surface area contributed by atoms with Crippen molar-refractivity contribution in [3.8, 4) is 33.9 Å². The number of aromatic nitrogens is 3. The third-order valence-corrected chi connectivity index (χ3v) is 6.67. The Hall–Kier alpha value is -4.54. The molecule has 0 saturated heterocycles. The summed E-state index contributed by atoms with van der Waals surface area (Å²) < 4.78 is 6.07.